The fourth-order valence-corrected chi connectivity index (χ4v) is 4.77. The summed E-state index contributed by atoms with van der Waals surface area (Å²) in [6.45, 7) is 0. The molecule has 0 aromatic heterocycles. The van der Waals surface area contributed by atoms with E-state index in [0.717, 1.165) is 11.1 Å². The summed E-state index contributed by atoms with van der Waals surface area (Å²) in [5.41, 5.74) is 2.77. The molecule has 0 fully saturated rings. The van der Waals surface area contributed by atoms with Crippen LogP contribution in [-0.4, -0.2) is 40.6 Å². The van der Waals surface area contributed by atoms with Crippen molar-refractivity contribution in [2.24, 2.45) is 9.98 Å². The highest BCUT2D eigenvalue weighted by atomic mass is 35.5. The highest BCUT2D eigenvalue weighted by Gasteiger charge is 2.42. The summed E-state index contributed by atoms with van der Waals surface area (Å²) in [5.74, 6) is 0.602. The zero-order valence-corrected chi connectivity index (χ0v) is 19.6. The average molecular weight is 491 g/mol. The Morgan fingerprint density at radius 3 is 2.68 bits per heavy atom. The molecule has 0 bridgehead atoms. The second-order valence-corrected chi connectivity index (χ2v) is 8.91. The number of aliphatic imine (C=N–C) groups is 2. The van der Waals surface area contributed by atoms with Crippen LogP contribution in [0.15, 0.2) is 82.8 Å². The van der Waals surface area contributed by atoms with E-state index in [1.165, 1.54) is 23.8 Å². The molecule has 3 aromatic carbocycles. The van der Waals surface area contributed by atoms with Crippen LogP contribution in [0.25, 0.3) is 0 Å². The highest BCUT2D eigenvalue weighted by molar-refractivity contribution is 8.14. The molecule has 170 valence electrons. The standard InChI is InChI=1S/C25H19ClN4O3S/c1-33-20-12-11-16(26)13-19(20)27-21(31)14-34-25-28-18-10-6-5-9-17(18)23-29-22(24(32)30(23)25)15-7-3-2-4-8-15/h2-13,22H,14H2,1H3,(H,27,31). The molecular formula is C25H19ClN4O3S. The van der Waals surface area contributed by atoms with E-state index in [2.05, 4.69) is 10.3 Å². The van der Waals surface area contributed by atoms with Crippen molar-refractivity contribution in [2.45, 2.75) is 6.04 Å². The van der Waals surface area contributed by atoms with Crippen LogP contribution in [0, 0.1) is 0 Å². The van der Waals surface area contributed by atoms with Crippen LogP contribution in [0.5, 0.6) is 5.75 Å². The first-order valence-corrected chi connectivity index (χ1v) is 11.8. The second-order valence-electron chi connectivity index (χ2n) is 7.53. The Morgan fingerprint density at radius 1 is 1.12 bits per heavy atom. The van der Waals surface area contributed by atoms with E-state index < -0.39 is 6.04 Å². The number of fused-ring (bicyclic) bond motifs is 3. The summed E-state index contributed by atoms with van der Waals surface area (Å²) in [6.07, 6.45) is 0. The minimum atomic E-state index is -0.655. The van der Waals surface area contributed by atoms with Crippen molar-refractivity contribution in [1.29, 1.82) is 0 Å². The molecule has 0 spiro atoms. The van der Waals surface area contributed by atoms with E-state index >= 15 is 0 Å². The van der Waals surface area contributed by atoms with Gasteiger partial charge in [0.1, 0.15) is 11.6 Å². The van der Waals surface area contributed by atoms with Crippen LogP contribution in [0.2, 0.25) is 5.02 Å². The molecule has 0 saturated heterocycles. The van der Waals surface area contributed by atoms with Gasteiger partial charge in [-0.25, -0.2) is 14.9 Å². The average Bonchev–Trinajstić information content (AvgIpc) is 3.21. The maximum Gasteiger partial charge on any atom is 0.263 e. The number of nitrogens with zero attached hydrogens (tertiary/aromatic N) is 3. The molecule has 3 aromatic rings. The fraction of sp³-hybridized carbons (Fsp3) is 0.120. The molecule has 2 amide bonds. The molecule has 9 heteroatoms. The van der Waals surface area contributed by atoms with Gasteiger partial charge in [0.05, 0.1) is 24.2 Å². The smallest absolute Gasteiger partial charge is 0.263 e. The molecule has 1 atom stereocenters. The number of thioether (sulfide) groups is 1. The van der Waals surface area contributed by atoms with Gasteiger partial charge in [-0.1, -0.05) is 65.8 Å². The second kappa shape index (κ2) is 9.32. The molecule has 2 heterocycles. The molecule has 2 aliphatic heterocycles. The lowest BCUT2D eigenvalue weighted by molar-refractivity contribution is -0.124. The first kappa shape index (κ1) is 22.2. The molecule has 0 aliphatic carbocycles. The summed E-state index contributed by atoms with van der Waals surface area (Å²) >= 11 is 7.23. The van der Waals surface area contributed by atoms with Gasteiger partial charge in [-0.2, -0.15) is 0 Å². The summed E-state index contributed by atoms with van der Waals surface area (Å²) in [5, 5.41) is 3.70. The molecule has 7 nitrogen and oxygen atoms in total. The fourth-order valence-electron chi connectivity index (χ4n) is 3.79. The van der Waals surface area contributed by atoms with Gasteiger partial charge in [0.15, 0.2) is 11.2 Å². The zero-order chi connectivity index (χ0) is 23.7. The third kappa shape index (κ3) is 4.18. The lowest BCUT2D eigenvalue weighted by Gasteiger charge is -2.25. The lowest BCUT2D eigenvalue weighted by Crippen LogP contribution is -2.40. The monoisotopic (exact) mass is 490 g/mol. The minimum absolute atomic E-state index is 0.0315. The van der Waals surface area contributed by atoms with Crippen LogP contribution < -0.4 is 10.1 Å². The maximum atomic E-state index is 13.4. The van der Waals surface area contributed by atoms with Crippen molar-refractivity contribution >= 4 is 57.6 Å². The number of para-hydroxylation sites is 1. The molecular weight excluding hydrogens is 472 g/mol. The number of carbonyl (C=O) groups is 2. The van der Waals surface area contributed by atoms with Crippen molar-refractivity contribution in [2.75, 3.05) is 18.2 Å². The summed E-state index contributed by atoms with van der Waals surface area (Å²) < 4.78 is 5.29. The number of hydrogen-bond acceptors (Lipinski definition) is 6. The first-order chi connectivity index (χ1) is 16.5. The largest absolute Gasteiger partial charge is 0.495 e. The lowest BCUT2D eigenvalue weighted by atomic mass is 10.1. The van der Waals surface area contributed by atoms with Crippen molar-refractivity contribution < 1.29 is 14.3 Å². The van der Waals surface area contributed by atoms with Crippen LogP contribution in [0.3, 0.4) is 0 Å². The van der Waals surface area contributed by atoms with Gasteiger partial charge in [0, 0.05) is 10.6 Å². The number of halogens is 1. The van der Waals surface area contributed by atoms with Crippen LogP contribution >= 0.6 is 23.4 Å². The normalized spacial score (nSPS) is 16.4. The number of rotatable bonds is 5. The van der Waals surface area contributed by atoms with E-state index in [0.29, 0.717) is 33.2 Å². The van der Waals surface area contributed by atoms with Crippen molar-refractivity contribution in [3.05, 3.63) is 88.9 Å². The number of nitrogens with one attached hydrogen (secondary N) is 1. The minimum Gasteiger partial charge on any atom is -0.495 e. The number of ether oxygens (including phenoxy) is 1. The number of carbonyl (C=O) groups excluding carboxylic acids is 2. The van der Waals surface area contributed by atoms with Gasteiger partial charge in [0.25, 0.3) is 5.91 Å². The number of amides is 2. The molecule has 0 radical (unpaired) electrons. The molecule has 1 N–H and O–H groups in total. The molecule has 2 aliphatic rings. The van der Waals surface area contributed by atoms with Crippen molar-refractivity contribution in [3.63, 3.8) is 0 Å². The third-order valence-corrected chi connectivity index (χ3v) is 6.53. The Balaban J connectivity index is 1.40. The molecule has 0 saturated carbocycles. The van der Waals surface area contributed by atoms with E-state index in [4.69, 9.17) is 21.3 Å². The van der Waals surface area contributed by atoms with Gasteiger partial charge in [-0.15, -0.1) is 0 Å². The van der Waals surface area contributed by atoms with Gasteiger partial charge in [-0.3, -0.25) is 9.59 Å². The number of hydrogen-bond donors (Lipinski definition) is 1. The Morgan fingerprint density at radius 2 is 1.88 bits per heavy atom. The topological polar surface area (TPSA) is 83.4 Å². The zero-order valence-electron chi connectivity index (χ0n) is 18.1. The SMILES string of the molecule is COc1ccc(Cl)cc1NC(=O)CSC1=Nc2ccccc2C2=NC(c3ccccc3)C(=O)N12. The Bertz CT molecular complexity index is 1340. The van der Waals surface area contributed by atoms with Crippen molar-refractivity contribution in [3.8, 4) is 5.75 Å². The number of amidine groups is 2. The number of anilines is 1. The maximum absolute atomic E-state index is 13.4. The molecule has 5 rings (SSSR count). The van der Waals surface area contributed by atoms with E-state index in [1.54, 1.807) is 18.2 Å². The van der Waals surface area contributed by atoms with Gasteiger partial charge >= 0.3 is 0 Å². The number of benzene rings is 3. The highest BCUT2D eigenvalue weighted by Crippen LogP contribution is 2.37. The van der Waals surface area contributed by atoms with E-state index in [-0.39, 0.29) is 17.6 Å². The van der Waals surface area contributed by atoms with Gasteiger partial charge in [-0.05, 0) is 35.9 Å². The summed E-state index contributed by atoms with van der Waals surface area (Å²) in [7, 11) is 1.52. The van der Waals surface area contributed by atoms with Gasteiger partial charge in [0.2, 0.25) is 5.91 Å². The predicted octanol–water partition coefficient (Wildman–Crippen LogP) is 5.05. The quantitative estimate of drug-likeness (QED) is 0.542. The Kier molecular flexibility index (Phi) is 6.08. The molecule has 34 heavy (non-hydrogen) atoms. The van der Waals surface area contributed by atoms with Crippen LogP contribution in [0.1, 0.15) is 17.2 Å². The third-order valence-electron chi connectivity index (χ3n) is 5.35. The van der Waals surface area contributed by atoms with Gasteiger partial charge < -0.3 is 10.1 Å². The van der Waals surface area contributed by atoms with Crippen molar-refractivity contribution in [1.82, 2.24) is 4.90 Å². The molecule has 1 unspecified atom stereocenters. The van der Waals surface area contributed by atoms with Crippen LogP contribution in [-0.2, 0) is 9.59 Å². The van der Waals surface area contributed by atoms with E-state index in [1.807, 2.05) is 54.6 Å². The Labute approximate surface area is 205 Å². The Hall–Kier alpha value is -3.62. The summed E-state index contributed by atoms with van der Waals surface area (Å²) in [6, 6.07) is 21.3. The number of methoxy groups -OCH3 is 1. The first-order valence-electron chi connectivity index (χ1n) is 10.5. The predicted molar refractivity (Wildman–Crippen MR) is 135 cm³/mol. The van der Waals surface area contributed by atoms with Crippen LogP contribution in [0.4, 0.5) is 11.4 Å². The van der Waals surface area contributed by atoms with E-state index in [9.17, 15) is 9.59 Å². The summed E-state index contributed by atoms with van der Waals surface area (Å²) in [4.78, 5) is 37.1.